The molecule has 0 saturated heterocycles. The number of halogens is 3. The fourth-order valence-electron chi connectivity index (χ4n) is 1.41. The average Bonchev–Trinajstić information content (AvgIpc) is 2.42. The van der Waals surface area contributed by atoms with Gasteiger partial charge in [0.05, 0.1) is 5.69 Å². The SMILES string of the molecule is Cc1cc(C)n(CCCOCC(F)(F)F)n1. The molecule has 0 aromatic carbocycles. The molecular formula is C10H15F3N2O. The van der Waals surface area contributed by atoms with E-state index in [0.717, 1.165) is 11.4 Å². The zero-order chi connectivity index (χ0) is 12.2. The molecule has 1 heterocycles. The summed E-state index contributed by atoms with van der Waals surface area (Å²) in [6.07, 6.45) is -3.71. The normalized spacial score (nSPS) is 12.1. The molecule has 0 unspecified atom stereocenters. The highest BCUT2D eigenvalue weighted by molar-refractivity contribution is 5.06. The van der Waals surface area contributed by atoms with Crippen LogP contribution in [-0.4, -0.2) is 29.2 Å². The molecule has 0 aliphatic carbocycles. The summed E-state index contributed by atoms with van der Waals surface area (Å²) in [4.78, 5) is 0. The van der Waals surface area contributed by atoms with E-state index in [0.29, 0.717) is 13.0 Å². The van der Waals surface area contributed by atoms with E-state index in [1.54, 1.807) is 4.68 Å². The summed E-state index contributed by atoms with van der Waals surface area (Å²) >= 11 is 0. The Morgan fingerprint density at radius 3 is 2.56 bits per heavy atom. The molecule has 0 saturated carbocycles. The molecule has 16 heavy (non-hydrogen) atoms. The number of rotatable bonds is 5. The standard InChI is InChI=1S/C10H15F3N2O/c1-8-6-9(2)15(14-8)4-3-5-16-7-10(11,12)13/h6H,3-5,7H2,1-2H3. The number of alkyl halides is 3. The lowest BCUT2D eigenvalue weighted by atomic mass is 10.4. The van der Waals surface area contributed by atoms with E-state index >= 15 is 0 Å². The molecule has 0 fully saturated rings. The first-order valence-corrected chi connectivity index (χ1v) is 5.04. The summed E-state index contributed by atoms with van der Waals surface area (Å²) in [6.45, 7) is 3.29. The minimum Gasteiger partial charge on any atom is -0.372 e. The van der Waals surface area contributed by atoms with Crippen LogP contribution in [-0.2, 0) is 11.3 Å². The molecule has 0 N–H and O–H groups in total. The molecule has 6 heteroatoms. The fraction of sp³-hybridized carbons (Fsp3) is 0.700. The molecule has 0 aliphatic rings. The van der Waals surface area contributed by atoms with Gasteiger partial charge in [-0.15, -0.1) is 0 Å². The van der Waals surface area contributed by atoms with E-state index < -0.39 is 12.8 Å². The monoisotopic (exact) mass is 236 g/mol. The number of hydrogen-bond acceptors (Lipinski definition) is 2. The maximum absolute atomic E-state index is 11.7. The van der Waals surface area contributed by atoms with Crippen molar-refractivity contribution in [3.05, 3.63) is 17.5 Å². The zero-order valence-corrected chi connectivity index (χ0v) is 9.34. The van der Waals surface area contributed by atoms with E-state index in [4.69, 9.17) is 0 Å². The molecule has 3 nitrogen and oxygen atoms in total. The minimum atomic E-state index is -4.24. The van der Waals surface area contributed by atoms with Gasteiger partial charge in [-0.25, -0.2) is 0 Å². The largest absolute Gasteiger partial charge is 0.411 e. The van der Waals surface area contributed by atoms with Crippen LogP contribution in [0, 0.1) is 13.8 Å². The number of aryl methyl sites for hydroxylation is 3. The Kier molecular flexibility index (Phi) is 4.35. The van der Waals surface area contributed by atoms with Crippen molar-refractivity contribution in [1.82, 2.24) is 9.78 Å². The third kappa shape index (κ3) is 4.65. The van der Waals surface area contributed by atoms with Crippen LogP contribution < -0.4 is 0 Å². The predicted octanol–water partition coefficient (Wildman–Crippen LogP) is 2.47. The zero-order valence-electron chi connectivity index (χ0n) is 9.34. The van der Waals surface area contributed by atoms with Crippen LogP contribution in [0.4, 0.5) is 13.2 Å². The molecule has 1 rings (SSSR count). The van der Waals surface area contributed by atoms with E-state index in [2.05, 4.69) is 9.84 Å². The topological polar surface area (TPSA) is 27.1 Å². The molecule has 0 spiro atoms. The van der Waals surface area contributed by atoms with Crippen LogP contribution in [0.5, 0.6) is 0 Å². The maximum atomic E-state index is 11.7. The van der Waals surface area contributed by atoms with Gasteiger partial charge in [-0.3, -0.25) is 4.68 Å². The molecule has 0 aliphatic heterocycles. The van der Waals surface area contributed by atoms with Crippen LogP contribution in [0.25, 0.3) is 0 Å². The van der Waals surface area contributed by atoms with E-state index in [9.17, 15) is 13.2 Å². The first-order valence-electron chi connectivity index (χ1n) is 5.04. The lowest BCUT2D eigenvalue weighted by molar-refractivity contribution is -0.174. The van der Waals surface area contributed by atoms with Gasteiger partial charge in [-0.1, -0.05) is 0 Å². The smallest absolute Gasteiger partial charge is 0.372 e. The van der Waals surface area contributed by atoms with Crippen molar-refractivity contribution in [2.45, 2.75) is 33.0 Å². The highest BCUT2D eigenvalue weighted by Crippen LogP contribution is 2.14. The molecule has 0 radical (unpaired) electrons. The summed E-state index contributed by atoms with van der Waals surface area (Å²) < 4.78 is 41.5. The second-order valence-corrected chi connectivity index (χ2v) is 3.67. The van der Waals surface area contributed by atoms with Gasteiger partial charge in [0.25, 0.3) is 0 Å². The summed E-state index contributed by atoms with van der Waals surface area (Å²) in [5.41, 5.74) is 1.92. The molecule has 0 atom stereocenters. The van der Waals surface area contributed by atoms with E-state index in [1.165, 1.54) is 0 Å². The van der Waals surface area contributed by atoms with Gasteiger partial charge in [0, 0.05) is 18.8 Å². The van der Waals surface area contributed by atoms with Crippen molar-refractivity contribution in [2.75, 3.05) is 13.2 Å². The van der Waals surface area contributed by atoms with Gasteiger partial charge < -0.3 is 4.74 Å². The molecule has 0 amide bonds. The summed E-state index contributed by atoms with van der Waals surface area (Å²) in [5.74, 6) is 0. The van der Waals surface area contributed by atoms with E-state index in [-0.39, 0.29) is 6.61 Å². The van der Waals surface area contributed by atoms with Gasteiger partial charge in [0.15, 0.2) is 0 Å². The Morgan fingerprint density at radius 1 is 1.38 bits per heavy atom. The number of aromatic nitrogens is 2. The van der Waals surface area contributed by atoms with Crippen LogP contribution in [0.2, 0.25) is 0 Å². The number of ether oxygens (including phenoxy) is 1. The summed E-state index contributed by atoms with van der Waals surface area (Å²) in [5, 5.41) is 4.20. The van der Waals surface area contributed by atoms with Crippen molar-refractivity contribution in [1.29, 1.82) is 0 Å². The molecule has 1 aromatic rings. The van der Waals surface area contributed by atoms with Crippen molar-refractivity contribution in [3.63, 3.8) is 0 Å². The van der Waals surface area contributed by atoms with Crippen LogP contribution in [0.15, 0.2) is 6.07 Å². The quantitative estimate of drug-likeness (QED) is 0.734. The molecule has 92 valence electrons. The third-order valence-corrected chi connectivity index (χ3v) is 2.03. The lowest BCUT2D eigenvalue weighted by Crippen LogP contribution is -2.18. The maximum Gasteiger partial charge on any atom is 0.411 e. The Morgan fingerprint density at radius 2 is 2.06 bits per heavy atom. The van der Waals surface area contributed by atoms with Gasteiger partial charge in [0.1, 0.15) is 6.61 Å². The first-order chi connectivity index (χ1) is 7.38. The van der Waals surface area contributed by atoms with Gasteiger partial charge in [0.2, 0.25) is 0 Å². The molecular weight excluding hydrogens is 221 g/mol. The van der Waals surface area contributed by atoms with Crippen molar-refractivity contribution < 1.29 is 17.9 Å². The summed E-state index contributed by atoms with van der Waals surface area (Å²) in [7, 11) is 0. The minimum absolute atomic E-state index is 0.0951. The Bertz CT molecular complexity index is 333. The first kappa shape index (κ1) is 13.0. The fourth-order valence-corrected chi connectivity index (χ4v) is 1.41. The molecule has 1 aromatic heterocycles. The second-order valence-electron chi connectivity index (χ2n) is 3.67. The van der Waals surface area contributed by atoms with Crippen LogP contribution in [0.3, 0.4) is 0 Å². The average molecular weight is 236 g/mol. The van der Waals surface area contributed by atoms with E-state index in [1.807, 2.05) is 19.9 Å². The number of hydrogen-bond donors (Lipinski definition) is 0. The van der Waals surface area contributed by atoms with Gasteiger partial charge in [-0.2, -0.15) is 18.3 Å². The third-order valence-electron chi connectivity index (χ3n) is 2.03. The second kappa shape index (κ2) is 5.34. The predicted molar refractivity (Wildman–Crippen MR) is 53.2 cm³/mol. The summed E-state index contributed by atoms with van der Waals surface area (Å²) in [6, 6.07) is 1.93. The van der Waals surface area contributed by atoms with Crippen molar-refractivity contribution in [3.8, 4) is 0 Å². The van der Waals surface area contributed by atoms with Crippen LogP contribution >= 0.6 is 0 Å². The Labute approximate surface area is 92.2 Å². The van der Waals surface area contributed by atoms with Crippen molar-refractivity contribution >= 4 is 0 Å². The highest BCUT2D eigenvalue weighted by atomic mass is 19.4. The van der Waals surface area contributed by atoms with Crippen molar-refractivity contribution in [2.24, 2.45) is 0 Å². The number of nitrogens with zero attached hydrogens (tertiary/aromatic N) is 2. The molecule has 0 bridgehead atoms. The van der Waals surface area contributed by atoms with Gasteiger partial charge in [-0.05, 0) is 26.3 Å². The Hall–Kier alpha value is -1.04. The lowest BCUT2D eigenvalue weighted by Gasteiger charge is -2.08. The van der Waals surface area contributed by atoms with Gasteiger partial charge >= 0.3 is 6.18 Å². The van der Waals surface area contributed by atoms with Crippen LogP contribution in [0.1, 0.15) is 17.8 Å². The highest BCUT2D eigenvalue weighted by Gasteiger charge is 2.27. The Balaban J connectivity index is 2.19.